The molecule has 0 aromatic heterocycles. The number of hydrogen-bond acceptors (Lipinski definition) is 5. The second kappa shape index (κ2) is 5.42. The fourth-order valence-electron chi connectivity index (χ4n) is 1.73. The highest BCUT2D eigenvalue weighted by atomic mass is 32.2. The largest absolute Gasteiger partial charge is 0.397 e. The van der Waals surface area contributed by atoms with Crippen LogP contribution < -0.4 is 11.1 Å². The number of halogens is 1. The maximum absolute atomic E-state index is 13.2. The molecule has 0 saturated carbocycles. The van der Waals surface area contributed by atoms with Crippen LogP contribution in [0.3, 0.4) is 0 Å². The Labute approximate surface area is 121 Å². The summed E-state index contributed by atoms with van der Waals surface area (Å²) in [5, 5.41) is 11.7. The maximum atomic E-state index is 13.2. The monoisotopic (exact) mass is 305 g/mol. The van der Waals surface area contributed by atoms with Gasteiger partial charge in [-0.05, 0) is 36.4 Å². The lowest BCUT2D eigenvalue weighted by atomic mass is 10.2. The van der Waals surface area contributed by atoms with E-state index in [0.717, 1.165) is 6.26 Å². The van der Waals surface area contributed by atoms with E-state index in [1.807, 2.05) is 0 Å². The second-order valence-electron chi connectivity index (χ2n) is 4.45. The number of benzene rings is 2. The summed E-state index contributed by atoms with van der Waals surface area (Å²) >= 11 is 0. The molecule has 21 heavy (non-hydrogen) atoms. The third-order valence-corrected chi connectivity index (χ3v) is 3.93. The van der Waals surface area contributed by atoms with E-state index in [1.54, 1.807) is 6.07 Å². The Balaban J connectivity index is 2.35. The molecule has 0 saturated heterocycles. The summed E-state index contributed by atoms with van der Waals surface area (Å²) in [4.78, 5) is 0.113. The molecule has 108 valence electrons. The van der Waals surface area contributed by atoms with E-state index in [0.29, 0.717) is 11.4 Å². The molecule has 0 aliphatic rings. The van der Waals surface area contributed by atoms with Crippen molar-refractivity contribution in [1.82, 2.24) is 0 Å². The van der Waals surface area contributed by atoms with Crippen LogP contribution in [0.4, 0.5) is 21.5 Å². The Kier molecular flexibility index (Phi) is 3.82. The molecule has 7 heteroatoms. The third kappa shape index (κ3) is 3.30. The fraction of sp³-hybridized carbons (Fsp3) is 0.0714. The summed E-state index contributed by atoms with van der Waals surface area (Å²) in [7, 11) is -3.33. The minimum atomic E-state index is -3.33. The van der Waals surface area contributed by atoms with Crippen molar-refractivity contribution in [3.63, 3.8) is 0 Å². The summed E-state index contributed by atoms with van der Waals surface area (Å²) in [5.41, 5.74) is 6.89. The SMILES string of the molecule is CS(=O)(=O)c1ccc(Nc2ccc(F)c(C#N)c2)c(N)c1. The molecule has 0 bridgehead atoms. The van der Waals surface area contributed by atoms with Gasteiger partial charge in [-0.25, -0.2) is 12.8 Å². The lowest BCUT2D eigenvalue weighted by Gasteiger charge is -2.11. The van der Waals surface area contributed by atoms with Gasteiger partial charge in [-0.1, -0.05) is 0 Å². The van der Waals surface area contributed by atoms with Crippen molar-refractivity contribution in [3.05, 3.63) is 47.8 Å². The summed E-state index contributed by atoms with van der Waals surface area (Å²) in [6.07, 6.45) is 1.09. The van der Waals surface area contributed by atoms with Crippen LogP contribution in [0.2, 0.25) is 0 Å². The number of rotatable bonds is 3. The molecule has 2 rings (SSSR count). The predicted octanol–water partition coefficient (Wildman–Crippen LogP) is 2.43. The lowest BCUT2D eigenvalue weighted by molar-refractivity contribution is 0.602. The van der Waals surface area contributed by atoms with Gasteiger partial charge in [0.05, 0.1) is 21.8 Å². The van der Waals surface area contributed by atoms with E-state index >= 15 is 0 Å². The molecule has 0 aliphatic carbocycles. The molecule has 0 aliphatic heterocycles. The van der Waals surface area contributed by atoms with Gasteiger partial charge in [0.1, 0.15) is 11.9 Å². The van der Waals surface area contributed by atoms with Gasteiger partial charge in [0, 0.05) is 11.9 Å². The minimum absolute atomic E-state index is 0.0914. The number of sulfone groups is 1. The molecule has 0 heterocycles. The first-order chi connectivity index (χ1) is 9.81. The normalized spacial score (nSPS) is 10.9. The predicted molar refractivity (Wildman–Crippen MR) is 78.4 cm³/mol. The van der Waals surface area contributed by atoms with Gasteiger partial charge in [-0.2, -0.15) is 5.26 Å². The molecule has 0 amide bonds. The average Bonchev–Trinajstić information content (AvgIpc) is 2.42. The Morgan fingerprint density at radius 3 is 2.52 bits per heavy atom. The smallest absolute Gasteiger partial charge is 0.175 e. The molecule has 0 spiro atoms. The highest BCUT2D eigenvalue weighted by Gasteiger charge is 2.10. The van der Waals surface area contributed by atoms with Crippen molar-refractivity contribution in [1.29, 1.82) is 5.26 Å². The maximum Gasteiger partial charge on any atom is 0.175 e. The van der Waals surface area contributed by atoms with Crippen molar-refractivity contribution < 1.29 is 12.8 Å². The van der Waals surface area contributed by atoms with Gasteiger partial charge < -0.3 is 11.1 Å². The molecular weight excluding hydrogens is 293 g/mol. The van der Waals surface area contributed by atoms with Crippen LogP contribution >= 0.6 is 0 Å². The number of nitriles is 1. The zero-order valence-corrected chi connectivity index (χ0v) is 11.9. The second-order valence-corrected chi connectivity index (χ2v) is 6.47. The van der Waals surface area contributed by atoms with E-state index in [4.69, 9.17) is 11.0 Å². The van der Waals surface area contributed by atoms with Crippen molar-refractivity contribution >= 4 is 26.9 Å². The standard InChI is InChI=1S/C14H12FN3O2S/c1-21(19,20)11-3-5-14(13(17)7-11)18-10-2-4-12(15)9(6-10)8-16/h2-7,18H,17H2,1H3. The van der Waals surface area contributed by atoms with Crippen LogP contribution in [0.1, 0.15) is 5.56 Å². The number of nitrogens with one attached hydrogen (secondary N) is 1. The number of nitrogen functional groups attached to an aromatic ring is 1. The Morgan fingerprint density at radius 2 is 1.95 bits per heavy atom. The third-order valence-electron chi connectivity index (χ3n) is 2.82. The van der Waals surface area contributed by atoms with Crippen LogP contribution in [-0.2, 0) is 9.84 Å². The Morgan fingerprint density at radius 1 is 1.24 bits per heavy atom. The molecule has 0 fully saturated rings. The highest BCUT2D eigenvalue weighted by Crippen LogP contribution is 2.26. The van der Waals surface area contributed by atoms with E-state index in [2.05, 4.69) is 5.32 Å². The first-order valence-electron chi connectivity index (χ1n) is 5.87. The molecule has 2 aromatic rings. The number of anilines is 3. The number of nitrogens with zero attached hydrogens (tertiary/aromatic N) is 1. The molecule has 2 aromatic carbocycles. The average molecular weight is 305 g/mol. The molecule has 3 N–H and O–H groups in total. The molecule has 0 atom stereocenters. The first kappa shape index (κ1) is 14.8. The minimum Gasteiger partial charge on any atom is -0.397 e. The van der Waals surface area contributed by atoms with Gasteiger partial charge in [0.25, 0.3) is 0 Å². The van der Waals surface area contributed by atoms with Crippen molar-refractivity contribution in [2.75, 3.05) is 17.3 Å². The van der Waals surface area contributed by atoms with Crippen LogP contribution in [0.25, 0.3) is 0 Å². The van der Waals surface area contributed by atoms with Crippen molar-refractivity contribution in [3.8, 4) is 6.07 Å². The Bertz CT molecular complexity index is 842. The van der Waals surface area contributed by atoms with Gasteiger partial charge >= 0.3 is 0 Å². The zero-order valence-electron chi connectivity index (χ0n) is 11.1. The summed E-state index contributed by atoms with van der Waals surface area (Å²) in [6, 6.07) is 9.99. The van der Waals surface area contributed by atoms with Gasteiger partial charge in [0.2, 0.25) is 0 Å². The summed E-state index contributed by atoms with van der Waals surface area (Å²) in [6.45, 7) is 0. The van der Waals surface area contributed by atoms with Gasteiger partial charge in [0.15, 0.2) is 9.84 Å². The van der Waals surface area contributed by atoms with E-state index in [1.165, 1.54) is 36.4 Å². The van der Waals surface area contributed by atoms with E-state index < -0.39 is 15.7 Å². The highest BCUT2D eigenvalue weighted by molar-refractivity contribution is 7.90. The Hall–Kier alpha value is -2.59. The van der Waals surface area contributed by atoms with Crippen molar-refractivity contribution in [2.45, 2.75) is 4.90 Å². The molecular formula is C14H12FN3O2S. The number of hydrogen-bond donors (Lipinski definition) is 2. The zero-order chi connectivity index (χ0) is 15.6. The quantitative estimate of drug-likeness (QED) is 0.849. The number of nitrogens with two attached hydrogens (primary N) is 1. The van der Waals surface area contributed by atoms with Gasteiger partial charge in [-0.15, -0.1) is 0 Å². The lowest BCUT2D eigenvalue weighted by Crippen LogP contribution is -2.01. The van der Waals surface area contributed by atoms with Crippen LogP contribution in [0.5, 0.6) is 0 Å². The van der Waals surface area contributed by atoms with E-state index in [-0.39, 0.29) is 16.1 Å². The summed E-state index contributed by atoms with van der Waals surface area (Å²) in [5.74, 6) is -0.608. The van der Waals surface area contributed by atoms with Crippen LogP contribution in [-0.4, -0.2) is 14.7 Å². The van der Waals surface area contributed by atoms with Gasteiger partial charge in [-0.3, -0.25) is 0 Å². The van der Waals surface area contributed by atoms with E-state index in [9.17, 15) is 12.8 Å². The topological polar surface area (TPSA) is 96.0 Å². The van der Waals surface area contributed by atoms with Crippen molar-refractivity contribution in [2.24, 2.45) is 0 Å². The van der Waals surface area contributed by atoms with Crippen LogP contribution in [0.15, 0.2) is 41.3 Å². The summed E-state index contributed by atoms with van der Waals surface area (Å²) < 4.78 is 36.1. The fourth-order valence-corrected chi connectivity index (χ4v) is 2.39. The van der Waals surface area contributed by atoms with Crippen LogP contribution in [0, 0.1) is 17.1 Å². The molecule has 0 unspecified atom stereocenters. The molecule has 0 radical (unpaired) electrons. The first-order valence-corrected chi connectivity index (χ1v) is 7.76. The molecule has 5 nitrogen and oxygen atoms in total.